The fourth-order valence-corrected chi connectivity index (χ4v) is 4.48. The van der Waals surface area contributed by atoms with Gasteiger partial charge in [-0.05, 0) is 61.2 Å². The average molecular weight is 400 g/mol. The van der Waals surface area contributed by atoms with Crippen molar-refractivity contribution in [2.24, 2.45) is 0 Å². The van der Waals surface area contributed by atoms with Gasteiger partial charge in [0.15, 0.2) is 0 Å². The zero-order valence-electron chi connectivity index (χ0n) is 16.5. The van der Waals surface area contributed by atoms with Crippen LogP contribution >= 0.6 is 0 Å². The highest BCUT2D eigenvalue weighted by Gasteiger charge is 2.40. The standard InChI is InChI=1S/C23H26F2N2O2/c1-15-2-3-16(12-20(15)24)13-27-11-9-22(23(27)29)26-10-8-19(21(25)14-26)17-4-6-18(28)7-5-17/h2-7,12,19,21-22,28H,8-11,13-14H2,1H3/t19?,21-,22-/m1/s1. The first-order chi connectivity index (χ1) is 13.9. The number of aryl methyl sites for hydroxylation is 1. The van der Waals surface area contributed by atoms with Crippen LogP contribution < -0.4 is 0 Å². The van der Waals surface area contributed by atoms with Crippen LogP contribution in [-0.4, -0.2) is 52.7 Å². The van der Waals surface area contributed by atoms with Crippen LogP contribution in [0.4, 0.5) is 8.78 Å². The van der Waals surface area contributed by atoms with Crippen LogP contribution in [0.15, 0.2) is 42.5 Å². The van der Waals surface area contributed by atoms with Gasteiger partial charge < -0.3 is 10.0 Å². The maximum absolute atomic E-state index is 14.9. The van der Waals surface area contributed by atoms with E-state index in [1.165, 1.54) is 6.07 Å². The Morgan fingerprint density at radius 3 is 2.55 bits per heavy atom. The number of carbonyl (C=O) groups is 1. The summed E-state index contributed by atoms with van der Waals surface area (Å²) >= 11 is 0. The van der Waals surface area contributed by atoms with Crippen LogP contribution in [-0.2, 0) is 11.3 Å². The number of hydrogen-bond donors (Lipinski definition) is 1. The molecule has 1 unspecified atom stereocenters. The number of phenolic OH excluding ortho intramolecular Hbond substituents is 1. The monoisotopic (exact) mass is 400 g/mol. The van der Waals surface area contributed by atoms with Crippen molar-refractivity contribution < 1.29 is 18.7 Å². The lowest BCUT2D eigenvalue weighted by atomic mass is 9.87. The molecule has 2 aromatic rings. The first-order valence-corrected chi connectivity index (χ1v) is 10.1. The Hall–Kier alpha value is -2.47. The van der Waals surface area contributed by atoms with E-state index in [0.29, 0.717) is 38.0 Å². The second-order valence-electron chi connectivity index (χ2n) is 8.15. The number of hydrogen-bond acceptors (Lipinski definition) is 3. The van der Waals surface area contributed by atoms with Crippen LogP contribution in [0.3, 0.4) is 0 Å². The quantitative estimate of drug-likeness (QED) is 0.850. The van der Waals surface area contributed by atoms with Crippen molar-refractivity contribution in [2.45, 2.75) is 44.4 Å². The maximum Gasteiger partial charge on any atom is 0.240 e. The van der Waals surface area contributed by atoms with Crippen molar-refractivity contribution in [1.29, 1.82) is 0 Å². The molecule has 4 nitrogen and oxygen atoms in total. The molecule has 0 bridgehead atoms. The summed E-state index contributed by atoms with van der Waals surface area (Å²) in [6.45, 7) is 3.60. The number of halogens is 2. The van der Waals surface area contributed by atoms with E-state index in [1.54, 1.807) is 42.2 Å². The van der Waals surface area contributed by atoms with Gasteiger partial charge in [-0.2, -0.15) is 0 Å². The number of amides is 1. The van der Waals surface area contributed by atoms with E-state index in [4.69, 9.17) is 0 Å². The predicted molar refractivity (Wildman–Crippen MR) is 107 cm³/mol. The van der Waals surface area contributed by atoms with E-state index in [2.05, 4.69) is 0 Å². The summed E-state index contributed by atoms with van der Waals surface area (Å²) in [4.78, 5) is 16.6. The molecule has 0 aromatic heterocycles. The largest absolute Gasteiger partial charge is 0.508 e. The highest BCUT2D eigenvalue weighted by Crippen LogP contribution is 2.33. The number of alkyl halides is 1. The molecule has 0 radical (unpaired) electrons. The van der Waals surface area contributed by atoms with Crippen LogP contribution in [0, 0.1) is 12.7 Å². The second-order valence-corrected chi connectivity index (χ2v) is 8.15. The minimum Gasteiger partial charge on any atom is -0.508 e. The first kappa shape index (κ1) is 19.8. The highest BCUT2D eigenvalue weighted by atomic mass is 19.1. The normalized spacial score (nSPS) is 25.6. The molecule has 1 N–H and O–H groups in total. The van der Waals surface area contributed by atoms with Crippen molar-refractivity contribution in [3.63, 3.8) is 0 Å². The zero-order chi connectivity index (χ0) is 20.5. The minimum absolute atomic E-state index is 0.00117. The lowest BCUT2D eigenvalue weighted by Gasteiger charge is -2.37. The number of carbonyl (C=O) groups excluding carboxylic acids is 1. The van der Waals surface area contributed by atoms with Gasteiger partial charge in [0, 0.05) is 25.6 Å². The molecule has 2 saturated heterocycles. The molecule has 0 saturated carbocycles. The Balaban J connectivity index is 1.38. The first-order valence-electron chi connectivity index (χ1n) is 10.1. The van der Waals surface area contributed by atoms with E-state index < -0.39 is 6.17 Å². The number of nitrogens with zero attached hydrogens (tertiary/aromatic N) is 2. The van der Waals surface area contributed by atoms with Gasteiger partial charge in [0.1, 0.15) is 17.7 Å². The Morgan fingerprint density at radius 1 is 1.10 bits per heavy atom. The summed E-state index contributed by atoms with van der Waals surface area (Å²) < 4.78 is 28.7. The predicted octanol–water partition coefficient (Wildman–Crippen LogP) is 3.77. The number of rotatable bonds is 4. The van der Waals surface area contributed by atoms with Crippen LogP contribution in [0.5, 0.6) is 5.75 Å². The number of benzene rings is 2. The van der Waals surface area contributed by atoms with E-state index in [0.717, 1.165) is 11.1 Å². The molecule has 1 amide bonds. The van der Waals surface area contributed by atoms with Crippen molar-refractivity contribution >= 4 is 5.91 Å². The molecule has 3 atom stereocenters. The fraction of sp³-hybridized carbons (Fsp3) is 0.435. The number of aromatic hydroxyl groups is 1. The second kappa shape index (κ2) is 8.11. The molecular formula is C23H26F2N2O2. The molecular weight excluding hydrogens is 374 g/mol. The number of phenols is 1. The summed E-state index contributed by atoms with van der Waals surface area (Å²) in [6.07, 6.45) is 0.254. The van der Waals surface area contributed by atoms with Gasteiger partial charge in [0.2, 0.25) is 5.91 Å². The van der Waals surface area contributed by atoms with E-state index in [1.807, 2.05) is 11.0 Å². The lowest BCUT2D eigenvalue weighted by molar-refractivity contribution is -0.133. The molecule has 154 valence electrons. The molecule has 2 fully saturated rings. The van der Waals surface area contributed by atoms with Crippen molar-refractivity contribution in [3.05, 3.63) is 65.0 Å². The third-order valence-corrected chi connectivity index (χ3v) is 6.21. The molecule has 0 aliphatic carbocycles. The smallest absolute Gasteiger partial charge is 0.240 e. The SMILES string of the molecule is Cc1ccc(CN2CC[C@@H](N3CCC(c4ccc(O)cc4)[C@H](F)C3)C2=O)cc1F. The van der Waals surface area contributed by atoms with Gasteiger partial charge in [-0.3, -0.25) is 9.69 Å². The molecule has 2 aliphatic heterocycles. The van der Waals surface area contributed by atoms with E-state index in [-0.39, 0.29) is 36.0 Å². The van der Waals surface area contributed by atoms with Crippen LogP contribution in [0.2, 0.25) is 0 Å². The van der Waals surface area contributed by atoms with Crippen molar-refractivity contribution in [1.82, 2.24) is 9.80 Å². The van der Waals surface area contributed by atoms with Gasteiger partial charge in [0.25, 0.3) is 0 Å². The van der Waals surface area contributed by atoms with Gasteiger partial charge in [0.05, 0.1) is 6.04 Å². The Bertz CT molecular complexity index is 887. The third kappa shape index (κ3) is 4.13. The van der Waals surface area contributed by atoms with Crippen molar-refractivity contribution in [3.8, 4) is 5.75 Å². The molecule has 6 heteroatoms. The van der Waals surface area contributed by atoms with E-state index in [9.17, 15) is 18.7 Å². The van der Waals surface area contributed by atoms with Gasteiger partial charge in [-0.25, -0.2) is 8.78 Å². The highest BCUT2D eigenvalue weighted by molar-refractivity contribution is 5.84. The van der Waals surface area contributed by atoms with Crippen LogP contribution in [0.25, 0.3) is 0 Å². The minimum atomic E-state index is -1.05. The zero-order valence-corrected chi connectivity index (χ0v) is 16.5. The van der Waals surface area contributed by atoms with Gasteiger partial charge in [-0.1, -0.05) is 24.3 Å². The third-order valence-electron chi connectivity index (χ3n) is 6.21. The Labute approximate surface area is 169 Å². The number of likely N-dealkylation sites (tertiary alicyclic amines) is 2. The molecule has 29 heavy (non-hydrogen) atoms. The van der Waals surface area contributed by atoms with Crippen LogP contribution in [0.1, 0.15) is 35.4 Å². The average Bonchev–Trinajstić information content (AvgIpc) is 3.06. The fourth-order valence-electron chi connectivity index (χ4n) is 4.48. The summed E-state index contributed by atoms with van der Waals surface area (Å²) in [7, 11) is 0. The summed E-state index contributed by atoms with van der Waals surface area (Å²) in [5.74, 6) is -0.301. The molecule has 2 heterocycles. The number of piperidine rings is 1. The van der Waals surface area contributed by atoms with E-state index >= 15 is 0 Å². The molecule has 0 spiro atoms. The van der Waals surface area contributed by atoms with Gasteiger partial charge >= 0.3 is 0 Å². The maximum atomic E-state index is 14.9. The van der Waals surface area contributed by atoms with Gasteiger partial charge in [-0.15, -0.1) is 0 Å². The summed E-state index contributed by atoms with van der Waals surface area (Å²) in [5.41, 5.74) is 2.25. The Morgan fingerprint density at radius 2 is 1.86 bits per heavy atom. The summed E-state index contributed by atoms with van der Waals surface area (Å²) in [6, 6.07) is 11.5. The molecule has 2 aliphatic rings. The molecule has 4 rings (SSSR count). The lowest BCUT2D eigenvalue weighted by Crippen LogP contribution is -2.49. The topological polar surface area (TPSA) is 43.8 Å². The van der Waals surface area contributed by atoms with Crippen molar-refractivity contribution in [2.75, 3.05) is 19.6 Å². The molecule has 2 aromatic carbocycles. The summed E-state index contributed by atoms with van der Waals surface area (Å²) in [5, 5.41) is 9.43. The Kier molecular flexibility index (Phi) is 5.54.